The Morgan fingerprint density at radius 2 is 2.36 bits per heavy atom. The lowest BCUT2D eigenvalue weighted by Crippen LogP contribution is -1.91. The summed E-state index contributed by atoms with van der Waals surface area (Å²) in [7, 11) is 1.53. The van der Waals surface area contributed by atoms with Crippen LogP contribution in [0.3, 0.4) is 0 Å². The van der Waals surface area contributed by atoms with Crippen molar-refractivity contribution in [1.29, 1.82) is 0 Å². The van der Waals surface area contributed by atoms with Crippen molar-refractivity contribution in [3.05, 3.63) is 17.8 Å². The van der Waals surface area contributed by atoms with Crippen molar-refractivity contribution in [3.63, 3.8) is 0 Å². The van der Waals surface area contributed by atoms with Crippen LogP contribution in [0.2, 0.25) is 0 Å². The second-order valence-electron chi connectivity index (χ2n) is 2.82. The first-order valence-corrected chi connectivity index (χ1v) is 4.03. The van der Waals surface area contributed by atoms with Crippen molar-refractivity contribution in [2.24, 2.45) is 0 Å². The van der Waals surface area contributed by atoms with Crippen LogP contribution in [-0.2, 0) is 0 Å². The van der Waals surface area contributed by atoms with Crippen molar-refractivity contribution in [2.45, 2.75) is 0 Å². The minimum Gasteiger partial charge on any atom is -0.481 e. The molecule has 14 heavy (non-hydrogen) atoms. The topological polar surface area (TPSA) is 81.0 Å². The molecular formula is C9H9N3O2. The number of hydrogen-bond donors (Lipinski definition) is 2. The minimum atomic E-state index is 0.348. The number of anilines is 1. The van der Waals surface area contributed by atoms with E-state index in [1.165, 1.54) is 7.11 Å². The largest absolute Gasteiger partial charge is 0.481 e. The van der Waals surface area contributed by atoms with Crippen LogP contribution in [0, 0.1) is 0 Å². The van der Waals surface area contributed by atoms with Gasteiger partial charge in [0, 0.05) is 6.07 Å². The van der Waals surface area contributed by atoms with Crippen molar-refractivity contribution in [2.75, 3.05) is 12.8 Å². The van der Waals surface area contributed by atoms with E-state index in [0.29, 0.717) is 29.1 Å². The molecule has 0 aliphatic rings. The standard InChI is InChI=1S/C9H9N3O2/c1-14-7-3-2-5-9(12-7)8(10)6(4-13)11-5/h2-4,11H,10H2,1H3. The number of methoxy groups -OCH3 is 1. The molecule has 0 atom stereocenters. The molecule has 2 aromatic heterocycles. The van der Waals surface area contributed by atoms with Gasteiger partial charge in [-0.15, -0.1) is 0 Å². The van der Waals surface area contributed by atoms with Crippen molar-refractivity contribution >= 4 is 23.0 Å². The summed E-state index contributed by atoms with van der Waals surface area (Å²) in [5.41, 5.74) is 7.68. The highest BCUT2D eigenvalue weighted by molar-refractivity contribution is 5.98. The van der Waals surface area contributed by atoms with E-state index in [2.05, 4.69) is 9.97 Å². The number of fused-ring (bicyclic) bond motifs is 1. The Labute approximate surface area is 79.9 Å². The van der Waals surface area contributed by atoms with Gasteiger partial charge >= 0.3 is 0 Å². The van der Waals surface area contributed by atoms with Crippen LogP contribution < -0.4 is 10.5 Å². The zero-order valence-corrected chi connectivity index (χ0v) is 7.57. The molecule has 72 valence electrons. The maximum Gasteiger partial charge on any atom is 0.213 e. The highest BCUT2D eigenvalue weighted by Crippen LogP contribution is 2.23. The maximum atomic E-state index is 10.6. The Kier molecular flexibility index (Phi) is 1.85. The number of nitrogens with two attached hydrogens (primary N) is 1. The van der Waals surface area contributed by atoms with Crippen LogP contribution in [0.15, 0.2) is 12.1 Å². The molecule has 0 saturated carbocycles. The molecule has 0 amide bonds. The van der Waals surface area contributed by atoms with E-state index < -0.39 is 0 Å². The zero-order valence-electron chi connectivity index (χ0n) is 7.57. The fraction of sp³-hybridized carbons (Fsp3) is 0.111. The fourth-order valence-electron chi connectivity index (χ4n) is 1.29. The quantitative estimate of drug-likeness (QED) is 0.693. The number of carbonyl (C=O) groups is 1. The number of nitrogen functional groups attached to an aromatic ring is 1. The van der Waals surface area contributed by atoms with Gasteiger partial charge in [0.15, 0.2) is 6.29 Å². The molecule has 2 heterocycles. The Balaban J connectivity index is 2.74. The van der Waals surface area contributed by atoms with Crippen molar-refractivity contribution < 1.29 is 9.53 Å². The molecule has 0 aliphatic heterocycles. The molecule has 0 unspecified atom stereocenters. The average molecular weight is 191 g/mol. The Morgan fingerprint density at radius 1 is 1.57 bits per heavy atom. The second-order valence-corrected chi connectivity index (χ2v) is 2.82. The molecule has 0 spiro atoms. The first-order valence-electron chi connectivity index (χ1n) is 4.03. The predicted octanol–water partition coefficient (Wildman–Crippen LogP) is 0.966. The van der Waals surface area contributed by atoms with E-state index in [1.54, 1.807) is 12.1 Å². The predicted molar refractivity (Wildman–Crippen MR) is 52.4 cm³/mol. The molecule has 3 N–H and O–H groups in total. The summed E-state index contributed by atoms with van der Waals surface area (Å²) in [5, 5.41) is 0. The monoisotopic (exact) mass is 191 g/mol. The van der Waals surface area contributed by atoms with Gasteiger partial charge < -0.3 is 15.5 Å². The molecule has 2 rings (SSSR count). The van der Waals surface area contributed by atoms with Crippen LogP contribution in [0.1, 0.15) is 10.5 Å². The Morgan fingerprint density at radius 3 is 3.00 bits per heavy atom. The third-order valence-electron chi connectivity index (χ3n) is 2.01. The zero-order chi connectivity index (χ0) is 10.1. The molecule has 0 fully saturated rings. The number of aromatic amines is 1. The van der Waals surface area contributed by atoms with E-state index >= 15 is 0 Å². The molecule has 0 bridgehead atoms. The molecular weight excluding hydrogens is 182 g/mol. The lowest BCUT2D eigenvalue weighted by Gasteiger charge is -1.97. The number of aromatic nitrogens is 2. The van der Waals surface area contributed by atoms with Gasteiger partial charge in [-0.1, -0.05) is 0 Å². The van der Waals surface area contributed by atoms with E-state index in [4.69, 9.17) is 10.5 Å². The molecule has 2 aromatic rings. The van der Waals surface area contributed by atoms with Crippen LogP contribution in [0.25, 0.3) is 11.0 Å². The molecule has 0 saturated heterocycles. The van der Waals surface area contributed by atoms with Crippen LogP contribution in [-0.4, -0.2) is 23.4 Å². The van der Waals surface area contributed by atoms with E-state index in [9.17, 15) is 4.79 Å². The third-order valence-corrected chi connectivity index (χ3v) is 2.01. The number of rotatable bonds is 2. The summed E-state index contributed by atoms with van der Waals surface area (Å²) in [4.78, 5) is 17.6. The molecule has 5 heteroatoms. The molecule has 0 aromatic carbocycles. The highest BCUT2D eigenvalue weighted by Gasteiger charge is 2.09. The first kappa shape index (κ1) is 8.55. The van der Waals surface area contributed by atoms with Gasteiger partial charge in [-0.25, -0.2) is 4.98 Å². The summed E-state index contributed by atoms with van der Waals surface area (Å²) < 4.78 is 4.95. The van der Waals surface area contributed by atoms with Gasteiger partial charge in [0.1, 0.15) is 11.2 Å². The summed E-state index contributed by atoms with van der Waals surface area (Å²) in [6.45, 7) is 0. The number of H-pyrrole nitrogens is 1. The molecule has 0 aliphatic carbocycles. The van der Waals surface area contributed by atoms with Gasteiger partial charge in [-0.3, -0.25) is 4.79 Å². The number of aldehydes is 1. The second kappa shape index (κ2) is 3.02. The van der Waals surface area contributed by atoms with Crippen LogP contribution in [0.4, 0.5) is 5.69 Å². The van der Waals surface area contributed by atoms with Gasteiger partial charge in [0.25, 0.3) is 0 Å². The Hall–Kier alpha value is -2.04. The SMILES string of the molecule is COc1ccc2[nH]c(C=O)c(N)c2n1. The lowest BCUT2D eigenvalue weighted by molar-refractivity contribution is 0.112. The van der Waals surface area contributed by atoms with Crippen molar-refractivity contribution in [1.82, 2.24) is 9.97 Å². The summed E-state index contributed by atoms with van der Waals surface area (Å²) in [6, 6.07) is 3.47. The fourth-order valence-corrected chi connectivity index (χ4v) is 1.29. The van der Waals surface area contributed by atoms with E-state index in [1.807, 2.05) is 0 Å². The average Bonchev–Trinajstić information content (AvgIpc) is 2.55. The summed E-state index contributed by atoms with van der Waals surface area (Å²) in [6.07, 6.45) is 0.670. The van der Waals surface area contributed by atoms with E-state index in [0.717, 1.165) is 5.52 Å². The van der Waals surface area contributed by atoms with Crippen LogP contribution in [0.5, 0.6) is 5.88 Å². The number of pyridine rings is 1. The number of nitrogens with zero attached hydrogens (tertiary/aromatic N) is 1. The van der Waals surface area contributed by atoms with Crippen LogP contribution >= 0.6 is 0 Å². The number of nitrogens with one attached hydrogen (secondary N) is 1. The summed E-state index contributed by atoms with van der Waals surface area (Å²) in [5.74, 6) is 0.473. The highest BCUT2D eigenvalue weighted by atomic mass is 16.5. The van der Waals surface area contributed by atoms with Gasteiger partial charge in [-0.05, 0) is 6.07 Å². The first-order chi connectivity index (χ1) is 6.76. The molecule has 0 radical (unpaired) electrons. The van der Waals surface area contributed by atoms with Gasteiger partial charge in [0.2, 0.25) is 5.88 Å². The normalized spacial score (nSPS) is 10.4. The lowest BCUT2D eigenvalue weighted by atomic mass is 10.3. The number of hydrogen-bond acceptors (Lipinski definition) is 4. The number of carbonyl (C=O) groups excluding carboxylic acids is 1. The Bertz CT molecular complexity index is 490. The van der Waals surface area contributed by atoms with Gasteiger partial charge in [0.05, 0.1) is 18.3 Å². The van der Waals surface area contributed by atoms with Crippen molar-refractivity contribution in [3.8, 4) is 5.88 Å². The molecule has 5 nitrogen and oxygen atoms in total. The minimum absolute atomic E-state index is 0.348. The maximum absolute atomic E-state index is 10.6. The summed E-state index contributed by atoms with van der Waals surface area (Å²) >= 11 is 0. The van der Waals surface area contributed by atoms with E-state index in [-0.39, 0.29) is 0 Å². The third kappa shape index (κ3) is 1.10. The van der Waals surface area contributed by atoms with Gasteiger partial charge in [-0.2, -0.15) is 0 Å². The smallest absolute Gasteiger partial charge is 0.213 e. The number of ether oxygens (including phenoxy) is 1.